The van der Waals surface area contributed by atoms with E-state index in [4.69, 9.17) is 20.4 Å². The maximum atomic E-state index is 11.8. The van der Waals surface area contributed by atoms with Gasteiger partial charge in [-0.25, -0.2) is 9.97 Å². The Bertz CT molecular complexity index is 941. The molecule has 2 aromatic rings. The molecule has 2 saturated heterocycles. The predicted molar refractivity (Wildman–Crippen MR) is 118 cm³/mol. The van der Waals surface area contributed by atoms with E-state index < -0.39 is 0 Å². The lowest BCUT2D eigenvalue weighted by Gasteiger charge is -2.34. The molecular weight excluding hydrogens is 400 g/mol. The van der Waals surface area contributed by atoms with Crippen molar-refractivity contribution in [2.45, 2.75) is 38.8 Å². The third kappa shape index (κ3) is 3.91. The molecule has 9 heteroatoms. The van der Waals surface area contributed by atoms with Gasteiger partial charge in [-0.1, -0.05) is 6.92 Å². The molecule has 0 unspecified atom stereocenters. The van der Waals surface area contributed by atoms with Crippen LogP contribution in [0, 0.1) is 5.92 Å². The highest BCUT2D eigenvalue weighted by Gasteiger charge is 2.30. The van der Waals surface area contributed by atoms with Crippen molar-refractivity contribution in [1.82, 2.24) is 20.2 Å². The fraction of sp³-hybridized carbons (Fsp3) is 0.667. The molecule has 2 fully saturated rings. The van der Waals surface area contributed by atoms with Crippen LogP contribution >= 0.6 is 11.3 Å². The first-order chi connectivity index (χ1) is 14.6. The zero-order valence-corrected chi connectivity index (χ0v) is 18.3. The monoisotopic (exact) mass is 430 g/mol. The molecule has 0 spiro atoms. The average Bonchev–Trinajstić information content (AvgIpc) is 3.11. The van der Waals surface area contributed by atoms with Crippen LogP contribution in [-0.2, 0) is 28.9 Å². The zero-order valence-electron chi connectivity index (χ0n) is 17.5. The standard InChI is InChI=1S/C21H30N6O2S/c1-13-2-3-14-16(10-13)30-21-18(14)20(27-5-4-23-15(11-27)19(22)28)24-17(25-21)12-26-6-8-29-9-7-26/h13,15,23H,2-12H2,1H3,(H2,22,28)/t13-,15-/m1/s1. The highest BCUT2D eigenvalue weighted by molar-refractivity contribution is 7.19. The second-order valence-corrected chi connectivity index (χ2v) is 9.82. The van der Waals surface area contributed by atoms with Crippen LogP contribution in [0.1, 0.15) is 29.6 Å². The topological polar surface area (TPSA) is 96.6 Å². The summed E-state index contributed by atoms with van der Waals surface area (Å²) in [6.07, 6.45) is 3.42. The van der Waals surface area contributed by atoms with Crippen LogP contribution in [0.5, 0.6) is 0 Å². The maximum absolute atomic E-state index is 11.8. The number of nitrogens with one attached hydrogen (secondary N) is 1. The molecule has 0 saturated carbocycles. The van der Waals surface area contributed by atoms with E-state index in [1.165, 1.54) is 22.2 Å². The Kier molecular flexibility index (Phi) is 5.61. The third-order valence-corrected chi connectivity index (χ3v) is 7.62. The summed E-state index contributed by atoms with van der Waals surface area (Å²) in [7, 11) is 0. The van der Waals surface area contributed by atoms with Crippen LogP contribution in [-0.4, -0.2) is 72.8 Å². The van der Waals surface area contributed by atoms with Crippen LogP contribution in [0.4, 0.5) is 5.82 Å². The largest absolute Gasteiger partial charge is 0.379 e. The highest BCUT2D eigenvalue weighted by atomic mass is 32.1. The number of piperazine rings is 1. The number of ether oxygens (including phenoxy) is 1. The minimum absolute atomic E-state index is 0.306. The number of hydrogen-bond acceptors (Lipinski definition) is 8. The molecule has 2 aliphatic heterocycles. The Labute approximate surface area is 180 Å². The van der Waals surface area contributed by atoms with Crippen molar-refractivity contribution in [2.24, 2.45) is 11.7 Å². The predicted octanol–water partition coefficient (Wildman–Crippen LogP) is 0.912. The van der Waals surface area contributed by atoms with Crippen LogP contribution < -0.4 is 16.0 Å². The van der Waals surface area contributed by atoms with Crippen LogP contribution in [0.15, 0.2) is 0 Å². The molecule has 1 amide bonds. The van der Waals surface area contributed by atoms with E-state index in [0.29, 0.717) is 12.5 Å². The Hall–Kier alpha value is -1.81. The molecule has 162 valence electrons. The average molecular weight is 431 g/mol. The number of anilines is 1. The second-order valence-electron chi connectivity index (χ2n) is 8.74. The van der Waals surface area contributed by atoms with Gasteiger partial charge in [0.05, 0.1) is 25.1 Å². The normalized spacial score (nSPS) is 25.4. The first-order valence-corrected chi connectivity index (χ1v) is 11.8. The van der Waals surface area contributed by atoms with Gasteiger partial charge in [0.2, 0.25) is 5.91 Å². The molecule has 0 bridgehead atoms. The van der Waals surface area contributed by atoms with E-state index >= 15 is 0 Å². The first kappa shape index (κ1) is 20.1. The summed E-state index contributed by atoms with van der Waals surface area (Å²) in [6.45, 7) is 8.50. The molecule has 30 heavy (non-hydrogen) atoms. The number of fused-ring (bicyclic) bond motifs is 3. The van der Waals surface area contributed by atoms with Crippen molar-refractivity contribution in [3.05, 3.63) is 16.3 Å². The van der Waals surface area contributed by atoms with Gasteiger partial charge in [-0.2, -0.15) is 0 Å². The van der Waals surface area contributed by atoms with E-state index in [2.05, 4.69) is 22.0 Å². The van der Waals surface area contributed by atoms with Crippen LogP contribution in [0.2, 0.25) is 0 Å². The number of amides is 1. The Morgan fingerprint density at radius 1 is 1.30 bits per heavy atom. The third-order valence-electron chi connectivity index (χ3n) is 6.47. The first-order valence-electron chi connectivity index (χ1n) is 11.0. The minimum Gasteiger partial charge on any atom is -0.379 e. The molecule has 2 atom stereocenters. The van der Waals surface area contributed by atoms with Gasteiger partial charge >= 0.3 is 0 Å². The van der Waals surface area contributed by atoms with Gasteiger partial charge < -0.3 is 20.7 Å². The lowest BCUT2D eigenvalue weighted by Crippen LogP contribution is -2.56. The van der Waals surface area contributed by atoms with E-state index in [9.17, 15) is 4.79 Å². The lowest BCUT2D eigenvalue weighted by molar-refractivity contribution is -0.120. The van der Waals surface area contributed by atoms with Gasteiger partial charge in [-0.05, 0) is 30.7 Å². The van der Waals surface area contributed by atoms with Gasteiger partial charge in [-0.15, -0.1) is 11.3 Å². The summed E-state index contributed by atoms with van der Waals surface area (Å²) in [4.78, 5) is 29.0. The summed E-state index contributed by atoms with van der Waals surface area (Å²) < 4.78 is 5.49. The smallest absolute Gasteiger partial charge is 0.236 e. The fourth-order valence-corrected chi connectivity index (χ4v) is 6.15. The van der Waals surface area contributed by atoms with Crippen molar-refractivity contribution < 1.29 is 9.53 Å². The molecule has 3 aliphatic rings. The molecule has 0 aromatic carbocycles. The molecule has 1 aliphatic carbocycles. The van der Waals surface area contributed by atoms with Gasteiger partial charge in [0.25, 0.3) is 0 Å². The lowest BCUT2D eigenvalue weighted by atomic mass is 9.89. The van der Waals surface area contributed by atoms with Gasteiger partial charge in [0, 0.05) is 37.6 Å². The maximum Gasteiger partial charge on any atom is 0.236 e. The molecule has 3 N–H and O–H groups in total. The summed E-state index contributed by atoms with van der Waals surface area (Å²) >= 11 is 1.84. The summed E-state index contributed by atoms with van der Waals surface area (Å²) in [5, 5.41) is 4.44. The van der Waals surface area contributed by atoms with Crippen molar-refractivity contribution in [3.8, 4) is 0 Å². The number of primary amides is 1. The Morgan fingerprint density at radius 3 is 2.93 bits per heavy atom. The Balaban J connectivity index is 1.55. The van der Waals surface area contributed by atoms with Gasteiger partial charge in [-0.3, -0.25) is 9.69 Å². The summed E-state index contributed by atoms with van der Waals surface area (Å²) in [5.74, 6) is 2.26. The van der Waals surface area contributed by atoms with E-state index in [-0.39, 0.29) is 11.9 Å². The second kappa shape index (κ2) is 8.37. The van der Waals surface area contributed by atoms with E-state index in [1.807, 2.05) is 11.3 Å². The number of rotatable bonds is 4. The molecule has 2 aromatic heterocycles. The summed E-state index contributed by atoms with van der Waals surface area (Å²) in [6, 6.07) is -0.346. The van der Waals surface area contributed by atoms with Crippen molar-refractivity contribution >= 4 is 33.3 Å². The molecule has 5 rings (SSSR count). The number of nitrogens with two attached hydrogens (primary N) is 1. The number of aryl methyl sites for hydroxylation is 1. The minimum atomic E-state index is -0.346. The molecule has 0 radical (unpaired) electrons. The van der Waals surface area contributed by atoms with Crippen molar-refractivity contribution in [2.75, 3.05) is 50.8 Å². The van der Waals surface area contributed by atoms with E-state index in [0.717, 1.165) is 75.3 Å². The van der Waals surface area contributed by atoms with E-state index in [1.54, 1.807) is 0 Å². The molecule has 8 nitrogen and oxygen atoms in total. The van der Waals surface area contributed by atoms with Crippen LogP contribution in [0.3, 0.4) is 0 Å². The van der Waals surface area contributed by atoms with Gasteiger partial charge in [0.15, 0.2) is 0 Å². The molecule has 4 heterocycles. The Morgan fingerprint density at radius 2 is 2.13 bits per heavy atom. The number of carbonyl (C=O) groups excluding carboxylic acids is 1. The zero-order chi connectivity index (χ0) is 20.7. The summed E-state index contributed by atoms with van der Waals surface area (Å²) in [5.41, 5.74) is 7.03. The quantitative estimate of drug-likeness (QED) is 0.744. The number of aromatic nitrogens is 2. The van der Waals surface area contributed by atoms with Crippen LogP contribution in [0.25, 0.3) is 10.2 Å². The van der Waals surface area contributed by atoms with Gasteiger partial charge in [0.1, 0.15) is 22.5 Å². The molecular formula is C21H30N6O2S. The highest BCUT2D eigenvalue weighted by Crippen LogP contribution is 2.41. The number of thiophene rings is 1. The SMILES string of the molecule is C[C@@H]1CCc2c(sc3nc(CN4CCOCC4)nc(N4CCN[C@@H](C(N)=O)C4)c23)C1. The van der Waals surface area contributed by atoms with Crippen molar-refractivity contribution in [3.63, 3.8) is 0 Å². The number of nitrogens with zero attached hydrogens (tertiary/aromatic N) is 4. The van der Waals surface area contributed by atoms with Crippen molar-refractivity contribution in [1.29, 1.82) is 0 Å². The number of morpholine rings is 1. The number of carbonyl (C=O) groups is 1. The number of hydrogen-bond donors (Lipinski definition) is 2. The fourth-order valence-electron chi connectivity index (χ4n) is 4.76.